The van der Waals surface area contributed by atoms with E-state index in [1.165, 1.54) is 24.6 Å². The zero-order valence-electron chi connectivity index (χ0n) is 16.3. The quantitative estimate of drug-likeness (QED) is 0.617. The first-order chi connectivity index (χ1) is 13.6. The Balaban J connectivity index is 1.81. The van der Waals surface area contributed by atoms with Crippen LogP contribution in [0.15, 0.2) is 18.3 Å². The molecule has 0 aliphatic carbocycles. The van der Waals surface area contributed by atoms with Crippen molar-refractivity contribution in [3.63, 3.8) is 0 Å². The predicted molar refractivity (Wildman–Crippen MR) is 106 cm³/mol. The molecule has 9 nitrogen and oxygen atoms in total. The second-order valence-electron chi connectivity index (χ2n) is 6.12. The van der Waals surface area contributed by atoms with E-state index in [0.717, 1.165) is 23.5 Å². The summed E-state index contributed by atoms with van der Waals surface area (Å²) in [5.41, 5.74) is 1.21. The SMILES string of the molecule is CCc1c(C(=O)Nc2nnc(C(CC)CC)s2)cnn1-c1ccc(OC)nn1. The molecule has 0 saturated heterocycles. The van der Waals surface area contributed by atoms with Gasteiger partial charge in [0.15, 0.2) is 5.82 Å². The summed E-state index contributed by atoms with van der Waals surface area (Å²) in [5, 5.41) is 25.0. The van der Waals surface area contributed by atoms with Crippen LogP contribution in [0.1, 0.15) is 60.6 Å². The van der Waals surface area contributed by atoms with Gasteiger partial charge in [0.05, 0.1) is 24.6 Å². The molecule has 3 rings (SSSR count). The number of ether oxygens (including phenoxy) is 1. The standard InChI is InChI=1S/C18H23N7O2S/c1-5-11(6-2)17-23-24-18(28-17)20-16(26)12-10-19-25(13(12)7-3)14-8-9-15(27-4)22-21-14/h8-11H,5-7H2,1-4H3,(H,20,24,26). The van der Waals surface area contributed by atoms with Gasteiger partial charge in [-0.05, 0) is 25.3 Å². The van der Waals surface area contributed by atoms with Crippen LogP contribution in [0.5, 0.6) is 5.88 Å². The average Bonchev–Trinajstić information content (AvgIpc) is 3.36. The van der Waals surface area contributed by atoms with Crippen molar-refractivity contribution in [1.82, 2.24) is 30.2 Å². The molecule has 0 atom stereocenters. The summed E-state index contributed by atoms with van der Waals surface area (Å²) in [7, 11) is 1.53. The van der Waals surface area contributed by atoms with Crippen molar-refractivity contribution in [3.8, 4) is 11.7 Å². The van der Waals surface area contributed by atoms with Crippen LogP contribution < -0.4 is 10.1 Å². The van der Waals surface area contributed by atoms with Crippen LogP contribution in [-0.4, -0.2) is 43.2 Å². The molecule has 10 heteroatoms. The normalized spacial score (nSPS) is 11.0. The number of aromatic nitrogens is 6. The summed E-state index contributed by atoms with van der Waals surface area (Å²) in [4.78, 5) is 12.8. The van der Waals surface area contributed by atoms with Gasteiger partial charge >= 0.3 is 0 Å². The topological polar surface area (TPSA) is 108 Å². The minimum absolute atomic E-state index is 0.267. The van der Waals surface area contributed by atoms with Crippen molar-refractivity contribution in [2.45, 2.75) is 46.0 Å². The monoisotopic (exact) mass is 401 g/mol. The Hall–Kier alpha value is -2.88. The Morgan fingerprint density at radius 3 is 2.57 bits per heavy atom. The van der Waals surface area contributed by atoms with Crippen LogP contribution in [0.4, 0.5) is 5.13 Å². The van der Waals surface area contributed by atoms with Crippen molar-refractivity contribution in [2.24, 2.45) is 0 Å². The maximum Gasteiger partial charge on any atom is 0.260 e. The minimum atomic E-state index is -0.267. The lowest BCUT2D eigenvalue weighted by atomic mass is 10.1. The Kier molecular flexibility index (Phi) is 6.30. The zero-order chi connectivity index (χ0) is 20.1. The van der Waals surface area contributed by atoms with Gasteiger partial charge < -0.3 is 4.74 Å². The summed E-state index contributed by atoms with van der Waals surface area (Å²) in [6.45, 7) is 6.20. The molecule has 0 bridgehead atoms. The van der Waals surface area contributed by atoms with Crippen molar-refractivity contribution in [1.29, 1.82) is 0 Å². The number of hydrogen-bond acceptors (Lipinski definition) is 8. The fourth-order valence-corrected chi connectivity index (χ4v) is 3.89. The number of amides is 1. The largest absolute Gasteiger partial charge is 0.480 e. The second kappa shape index (κ2) is 8.87. The van der Waals surface area contributed by atoms with Crippen molar-refractivity contribution in [3.05, 3.63) is 34.6 Å². The van der Waals surface area contributed by atoms with Crippen LogP contribution in [0, 0.1) is 0 Å². The Bertz CT molecular complexity index is 932. The molecule has 0 spiro atoms. The zero-order valence-corrected chi connectivity index (χ0v) is 17.2. The van der Waals surface area contributed by atoms with Gasteiger partial charge in [0.1, 0.15) is 5.01 Å². The molecule has 3 aromatic heterocycles. The summed E-state index contributed by atoms with van der Waals surface area (Å²) >= 11 is 1.42. The minimum Gasteiger partial charge on any atom is -0.480 e. The van der Waals surface area contributed by atoms with Gasteiger partial charge in [-0.2, -0.15) is 5.10 Å². The molecule has 0 saturated carbocycles. The maximum absolute atomic E-state index is 12.8. The van der Waals surface area contributed by atoms with Crippen LogP contribution in [0.2, 0.25) is 0 Å². The number of anilines is 1. The number of rotatable bonds is 8. The van der Waals surface area contributed by atoms with E-state index >= 15 is 0 Å². The van der Waals surface area contributed by atoms with E-state index in [1.807, 2.05) is 6.92 Å². The van der Waals surface area contributed by atoms with Crippen LogP contribution in [0.3, 0.4) is 0 Å². The van der Waals surface area contributed by atoms with Crippen molar-refractivity contribution in [2.75, 3.05) is 12.4 Å². The molecule has 0 aliphatic rings. The smallest absolute Gasteiger partial charge is 0.260 e. The highest BCUT2D eigenvalue weighted by atomic mass is 32.1. The highest BCUT2D eigenvalue weighted by molar-refractivity contribution is 7.15. The molecule has 0 unspecified atom stereocenters. The molecular weight excluding hydrogens is 378 g/mol. The van der Waals surface area contributed by atoms with Crippen LogP contribution in [-0.2, 0) is 6.42 Å². The Labute approximate surface area is 167 Å². The van der Waals surface area contributed by atoms with E-state index < -0.39 is 0 Å². The van der Waals surface area contributed by atoms with Gasteiger partial charge in [0.2, 0.25) is 11.0 Å². The fraction of sp³-hybridized carbons (Fsp3) is 0.444. The van der Waals surface area contributed by atoms with Crippen LogP contribution >= 0.6 is 11.3 Å². The van der Waals surface area contributed by atoms with Gasteiger partial charge in [-0.1, -0.05) is 32.1 Å². The van der Waals surface area contributed by atoms with Gasteiger partial charge in [-0.3, -0.25) is 10.1 Å². The highest BCUT2D eigenvalue weighted by Gasteiger charge is 2.20. The molecule has 0 radical (unpaired) electrons. The lowest BCUT2D eigenvalue weighted by Gasteiger charge is -2.07. The van der Waals surface area contributed by atoms with E-state index in [0.29, 0.717) is 34.7 Å². The van der Waals surface area contributed by atoms with Crippen molar-refractivity contribution >= 4 is 22.4 Å². The van der Waals surface area contributed by atoms with E-state index in [4.69, 9.17) is 4.74 Å². The summed E-state index contributed by atoms with van der Waals surface area (Å²) in [5.74, 6) is 1.03. The first-order valence-electron chi connectivity index (χ1n) is 9.20. The number of carbonyl (C=O) groups is 1. The highest BCUT2D eigenvalue weighted by Crippen LogP contribution is 2.28. The number of carbonyl (C=O) groups excluding carboxylic acids is 1. The number of nitrogens with one attached hydrogen (secondary N) is 1. The van der Waals surface area contributed by atoms with E-state index in [-0.39, 0.29) is 5.91 Å². The molecule has 0 fully saturated rings. The number of methoxy groups -OCH3 is 1. The first kappa shape index (κ1) is 19.9. The third-order valence-corrected chi connectivity index (χ3v) is 5.50. The molecule has 1 amide bonds. The third-order valence-electron chi connectivity index (χ3n) is 4.50. The second-order valence-corrected chi connectivity index (χ2v) is 7.13. The number of nitrogens with zero attached hydrogens (tertiary/aromatic N) is 6. The van der Waals surface area contributed by atoms with E-state index in [9.17, 15) is 4.79 Å². The molecule has 0 aromatic carbocycles. The molecule has 148 valence electrons. The Morgan fingerprint density at radius 2 is 1.96 bits per heavy atom. The third kappa shape index (κ3) is 4.01. The maximum atomic E-state index is 12.8. The van der Waals surface area contributed by atoms with Crippen molar-refractivity contribution < 1.29 is 9.53 Å². The molecule has 3 aromatic rings. The summed E-state index contributed by atoms with van der Waals surface area (Å²) in [6, 6.07) is 3.44. The van der Waals surface area contributed by atoms with Gasteiger partial charge in [-0.15, -0.1) is 20.4 Å². The number of hydrogen-bond donors (Lipinski definition) is 1. The molecule has 28 heavy (non-hydrogen) atoms. The first-order valence-corrected chi connectivity index (χ1v) is 10.0. The predicted octanol–water partition coefficient (Wildman–Crippen LogP) is 3.24. The Morgan fingerprint density at radius 1 is 1.18 bits per heavy atom. The molecule has 0 aliphatic heterocycles. The van der Waals surface area contributed by atoms with E-state index in [2.05, 4.69) is 44.7 Å². The van der Waals surface area contributed by atoms with Gasteiger partial charge in [0.25, 0.3) is 5.91 Å². The van der Waals surface area contributed by atoms with E-state index in [1.54, 1.807) is 16.8 Å². The molecule has 1 N–H and O–H groups in total. The fourth-order valence-electron chi connectivity index (χ4n) is 2.89. The van der Waals surface area contributed by atoms with Crippen LogP contribution in [0.25, 0.3) is 5.82 Å². The summed E-state index contributed by atoms with van der Waals surface area (Å²) < 4.78 is 6.64. The van der Waals surface area contributed by atoms with Gasteiger partial charge in [-0.25, -0.2) is 4.68 Å². The van der Waals surface area contributed by atoms with Gasteiger partial charge in [0, 0.05) is 12.0 Å². The molecular formula is C18H23N7O2S. The molecule has 3 heterocycles. The lowest BCUT2D eigenvalue weighted by molar-refractivity contribution is 0.102. The lowest BCUT2D eigenvalue weighted by Crippen LogP contribution is -2.14. The summed E-state index contributed by atoms with van der Waals surface area (Å²) in [6.07, 6.45) is 4.12. The average molecular weight is 401 g/mol.